The van der Waals surface area contributed by atoms with Crippen LogP contribution in [0.1, 0.15) is 11.1 Å². The molecule has 1 N–H and O–H groups in total. The third-order valence-electron chi connectivity index (χ3n) is 4.95. The van der Waals surface area contributed by atoms with Gasteiger partial charge in [-0.15, -0.1) is 0 Å². The lowest BCUT2D eigenvalue weighted by Gasteiger charge is -2.25. The SMILES string of the molecule is COc1ccc(S(=O)(=O)NC(Cc2ccccc2)C(=O)N(C)Cc2ccccc2)cc1Cl. The van der Waals surface area contributed by atoms with Crippen molar-refractivity contribution in [3.8, 4) is 5.75 Å². The van der Waals surface area contributed by atoms with Crippen LogP contribution in [-0.4, -0.2) is 39.4 Å². The van der Waals surface area contributed by atoms with Crippen molar-refractivity contribution in [3.63, 3.8) is 0 Å². The molecule has 0 aliphatic carbocycles. The molecule has 6 nitrogen and oxygen atoms in total. The molecule has 1 unspecified atom stereocenters. The number of carbonyl (C=O) groups excluding carboxylic acids is 1. The van der Waals surface area contributed by atoms with E-state index in [0.717, 1.165) is 11.1 Å². The van der Waals surface area contributed by atoms with Crippen molar-refractivity contribution in [2.24, 2.45) is 0 Å². The Morgan fingerprint density at radius 3 is 2.16 bits per heavy atom. The Balaban J connectivity index is 1.86. The van der Waals surface area contributed by atoms with Gasteiger partial charge in [-0.05, 0) is 35.7 Å². The Hall–Kier alpha value is -2.87. The number of halogens is 1. The molecule has 0 aliphatic heterocycles. The number of ether oxygens (including phenoxy) is 1. The molecule has 3 aromatic carbocycles. The van der Waals surface area contributed by atoms with Gasteiger partial charge in [0.1, 0.15) is 11.8 Å². The van der Waals surface area contributed by atoms with E-state index in [4.69, 9.17) is 16.3 Å². The van der Waals surface area contributed by atoms with E-state index >= 15 is 0 Å². The van der Waals surface area contributed by atoms with E-state index in [9.17, 15) is 13.2 Å². The minimum atomic E-state index is -4.02. The summed E-state index contributed by atoms with van der Waals surface area (Å²) in [5.74, 6) is 0.0333. The minimum absolute atomic E-state index is 0.0418. The fraction of sp³-hybridized carbons (Fsp3) is 0.208. The zero-order chi connectivity index (χ0) is 23.1. The lowest BCUT2D eigenvalue weighted by Crippen LogP contribution is -2.48. The van der Waals surface area contributed by atoms with E-state index in [2.05, 4.69) is 4.72 Å². The van der Waals surface area contributed by atoms with Gasteiger partial charge in [0.25, 0.3) is 0 Å². The van der Waals surface area contributed by atoms with Crippen LogP contribution >= 0.6 is 11.6 Å². The second kappa shape index (κ2) is 10.6. The van der Waals surface area contributed by atoms with Crippen LogP contribution in [0.3, 0.4) is 0 Å². The first-order valence-electron chi connectivity index (χ1n) is 9.99. The molecular formula is C24H25ClN2O4S. The summed E-state index contributed by atoms with van der Waals surface area (Å²) < 4.78 is 33.8. The summed E-state index contributed by atoms with van der Waals surface area (Å²) in [6, 6.07) is 22.0. The number of nitrogens with zero attached hydrogens (tertiary/aromatic N) is 1. The number of benzene rings is 3. The van der Waals surface area contributed by atoms with E-state index in [1.54, 1.807) is 7.05 Å². The van der Waals surface area contributed by atoms with Gasteiger partial charge >= 0.3 is 0 Å². The number of methoxy groups -OCH3 is 1. The van der Waals surface area contributed by atoms with E-state index in [-0.39, 0.29) is 22.2 Å². The third-order valence-corrected chi connectivity index (χ3v) is 6.72. The monoisotopic (exact) mass is 472 g/mol. The van der Waals surface area contributed by atoms with Gasteiger partial charge in [0, 0.05) is 13.6 Å². The quantitative estimate of drug-likeness (QED) is 0.512. The molecule has 0 saturated heterocycles. The highest BCUT2D eigenvalue weighted by Gasteiger charge is 2.28. The standard InChI is InChI=1S/C24H25ClN2O4S/c1-27(17-19-11-7-4-8-12-19)24(28)22(15-18-9-5-3-6-10-18)26-32(29,30)20-13-14-23(31-2)21(25)16-20/h3-14,16,22,26H,15,17H2,1-2H3. The van der Waals surface area contributed by atoms with Gasteiger partial charge in [-0.1, -0.05) is 72.3 Å². The fourth-order valence-corrected chi connectivity index (χ4v) is 4.84. The van der Waals surface area contributed by atoms with Gasteiger partial charge in [0.2, 0.25) is 15.9 Å². The van der Waals surface area contributed by atoms with E-state index in [0.29, 0.717) is 12.3 Å². The number of amides is 1. The molecule has 0 heterocycles. The summed E-state index contributed by atoms with van der Waals surface area (Å²) in [6.45, 7) is 0.362. The number of sulfonamides is 1. The maximum atomic E-state index is 13.3. The predicted molar refractivity (Wildman–Crippen MR) is 125 cm³/mol. The van der Waals surface area contributed by atoms with Crippen LogP contribution in [0.5, 0.6) is 5.75 Å². The summed E-state index contributed by atoms with van der Waals surface area (Å²) in [5, 5.41) is 0.169. The second-order valence-corrected chi connectivity index (χ2v) is 9.46. The highest BCUT2D eigenvalue weighted by Crippen LogP contribution is 2.27. The number of nitrogens with one attached hydrogen (secondary N) is 1. The third kappa shape index (κ3) is 6.09. The first kappa shape index (κ1) is 23.8. The molecule has 0 saturated carbocycles. The van der Waals surface area contributed by atoms with Crippen LogP contribution in [0.15, 0.2) is 83.8 Å². The van der Waals surface area contributed by atoms with Crippen molar-refractivity contribution < 1.29 is 17.9 Å². The molecule has 0 bridgehead atoms. The van der Waals surface area contributed by atoms with Crippen molar-refractivity contribution >= 4 is 27.5 Å². The average molecular weight is 473 g/mol. The molecule has 32 heavy (non-hydrogen) atoms. The van der Waals surface area contributed by atoms with Crippen molar-refractivity contribution in [1.82, 2.24) is 9.62 Å². The van der Waals surface area contributed by atoms with Gasteiger partial charge in [-0.3, -0.25) is 4.79 Å². The zero-order valence-electron chi connectivity index (χ0n) is 17.9. The first-order chi connectivity index (χ1) is 15.3. The summed E-state index contributed by atoms with van der Waals surface area (Å²) in [6.07, 6.45) is 0.210. The minimum Gasteiger partial charge on any atom is -0.495 e. The largest absolute Gasteiger partial charge is 0.495 e. The number of hydrogen-bond acceptors (Lipinski definition) is 4. The lowest BCUT2D eigenvalue weighted by atomic mass is 10.1. The number of likely N-dealkylation sites (N-methyl/N-ethyl adjacent to an activating group) is 1. The van der Waals surface area contributed by atoms with E-state index in [1.165, 1.54) is 30.2 Å². The molecule has 1 amide bonds. The molecule has 0 fully saturated rings. The van der Waals surface area contributed by atoms with Gasteiger partial charge in [-0.2, -0.15) is 4.72 Å². The molecule has 3 rings (SSSR count). The maximum absolute atomic E-state index is 13.3. The molecule has 0 radical (unpaired) electrons. The van der Waals surface area contributed by atoms with Gasteiger partial charge in [-0.25, -0.2) is 8.42 Å². The molecule has 3 aromatic rings. The van der Waals surface area contributed by atoms with Crippen molar-refractivity contribution in [3.05, 3.63) is 95.0 Å². The number of carbonyl (C=O) groups is 1. The Morgan fingerprint density at radius 1 is 1.00 bits per heavy atom. The van der Waals surface area contributed by atoms with Crippen LogP contribution in [0.2, 0.25) is 5.02 Å². The molecule has 1 atom stereocenters. The van der Waals surface area contributed by atoms with Gasteiger partial charge in [0.15, 0.2) is 0 Å². The number of rotatable bonds is 9. The van der Waals surface area contributed by atoms with Crippen LogP contribution in [0.25, 0.3) is 0 Å². The van der Waals surface area contributed by atoms with E-state index in [1.807, 2.05) is 60.7 Å². The topological polar surface area (TPSA) is 75.7 Å². The van der Waals surface area contributed by atoms with Crippen molar-refractivity contribution in [1.29, 1.82) is 0 Å². The molecule has 8 heteroatoms. The highest BCUT2D eigenvalue weighted by molar-refractivity contribution is 7.89. The van der Waals surface area contributed by atoms with Crippen LogP contribution in [0, 0.1) is 0 Å². The van der Waals surface area contributed by atoms with E-state index < -0.39 is 16.1 Å². The molecule has 0 aliphatic rings. The second-order valence-electron chi connectivity index (χ2n) is 7.34. The van der Waals surface area contributed by atoms with Crippen LogP contribution < -0.4 is 9.46 Å². The Kier molecular flexibility index (Phi) is 7.90. The smallest absolute Gasteiger partial charge is 0.241 e. The van der Waals surface area contributed by atoms with Crippen molar-refractivity contribution in [2.45, 2.75) is 23.9 Å². The summed E-state index contributed by atoms with van der Waals surface area (Å²) >= 11 is 6.11. The summed E-state index contributed by atoms with van der Waals surface area (Å²) in [5.41, 5.74) is 1.79. The Labute approximate surface area is 193 Å². The molecule has 168 valence electrons. The first-order valence-corrected chi connectivity index (χ1v) is 11.8. The Bertz CT molecular complexity index is 1160. The normalized spacial score (nSPS) is 12.2. The fourth-order valence-electron chi connectivity index (χ4n) is 3.30. The zero-order valence-corrected chi connectivity index (χ0v) is 19.4. The predicted octanol–water partition coefficient (Wildman–Crippen LogP) is 3.90. The molecule has 0 spiro atoms. The van der Waals surface area contributed by atoms with Gasteiger partial charge in [0.05, 0.1) is 17.0 Å². The maximum Gasteiger partial charge on any atom is 0.241 e. The lowest BCUT2D eigenvalue weighted by molar-refractivity contribution is -0.132. The average Bonchev–Trinajstić information content (AvgIpc) is 2.79. The molecular weight excluding hydrogens is 448 g/mol. The van der Waals surface area contributed by atoms with Crippen LogP contribution in [-0.2, 0) is 27.8 Å². The Morgan fingerprint density at radius 2 is 1.59 bits per heavy atom. The summed E-state index contributed by atoms with van der Waals surface area (Å²) in [7, 11) is -0.908. The molecule has 0 aromatic heterocycles. The number of hydrogen-bond donors (Lipinski definition) is 1. The van der Waals surface area contributed by atoms with Gasteiger partial charge < -0.3 is 9.64 Å². The highest BCUT2D eigenvalue weighted by atomic mass is 35.5. The summed E-state index contributed by atoms with van der Waals surface area (Å²) in [4.78, 5) is 14.8. The van der Waals surface area contributed by atoms with Crippen molar-refractivity contribution in [2.75, 3.05) is 14.2 Å². The van der Waals surface area contributed by atoms with Crippen LogP contribution in [0.4, 0.5) is 0 Å².